The van der Waals surface area contributed by atoms with Crippen LogP contribution in [0.4, 0.5) is 35.1 Å². The molecule has 1 atom stereocenters. The molecule has 0 aromatic heterocycles. The SMILES string of the molecule is Cc1c(F)c(F)c(C2=NNC(c3c(F)c(F)c(C)c(F)c3F)O2)c(F)c1F. The minimum atomic E-state index is -2.05. The second-order valence-corrected chi connectivity index (χ2v) is 5.59. The largest absolute Gasteiger partial charge is 0.446 e. The summed E-state index contributed by atoms with van der Waals surface area (Å²) in [6.07, 6.45) is -2.05. The molecule has 0 aliphatic carbocycles. The van der Waals surface area contributed by atoms with Crippen LogP contribution in [0.5, 0.6) is 0 Å². The topological polar surface area (TPSA) is 33.6 Å². The molecule has 0 radical (unpaired) electrons. The average Bonchev–Trinajstić information content (AvgIpc) is 3.11. The average molecular weight is 396 g/mol. The molecule has 1 aliphatic heterocycles. The zero-order chi connectivity index (χ0) is 20.2. The molecule has 3 nitrogen and oxygen atoms in total. The smallest absolute Gasteiger partial charge is 0.246 e. The fraction of sp³-hybridized carbons (Fsp3) is 0.188. The van der Waals surface area contributed by atoms with Crippen molar-refractivity contribution < 1.29 is 39.9 Å². The summed E-state index contributed by atoms with van der Waals surface area (Å²) in [5.74, 6) is -15.4. The van der Waals surface area contributed by atoms with Gasteiger partial charge in [-0.3, -0.25) is 5.43 Å². The van der Waals surface area contributed by atoms with Crippen LogP contribution in [0.3, 0.4) is 0 Å². The summed E-state index contributed by atoms with van der Waals surface area (Å²) >= 11 is 0. The number of ether oxygens (including phenoxy) is 1. The molecule has 2 aromatic rings. The van der Waals surface area contributed by atoms with Crippen molar-refractivity contribution in [2.24, 2.45) is 5.10 Å². The van der Waals surface area contributed by atoms with Crippen molar-refractivity contribution in [3.05, 3.63) is 68.8 Å². The van der Waals surface area contributed by atoms with Crippen LogP contribution in [0.2, 0.25) is 0 Å². The molecule has 1 unspecified atom stereocenters. The van der Waals surface area contributed by atoms with E-state index >= 15 is 0 Å². The molecule has 144 valence electrons. The number of nitrogens with one attached hydrogen (secondary N) is 1. The number of halogens is 8. The molecule has 0 fully saturated rings. The van der Waals surface area contributed by atoms with Gasteiger partial charge in [0.1, 0.15) is 5.56 Å². The summed E-state index contributed by atoms with van der Waals surface area (Å²) in [5.41, 5.74) is -2.72. The lowest BCUT2D eigenvalue weighted by atomic mass is 10.1. The highest BCUT2D eigenvalue weighted by Gasteiger charge is 2.36. The first-order chi connectivity index (χ1) is 12.6. The van der Waals surface area contributed by atoms with E-state index in [0.29, 0.717) is 0 Å². The lowest BCUT2D eigenvalue weighted by Gasteiger charge is -2.16. The van der Waals surface area contributed by atoms with Gasteiger partial charge in [-0.25, -0.2) is 35.1 Å². The summed E-state index contributed by atoms with van der Waals surface area (Å²) in [4.78, 5) is 0. The lowest BCUT2D eigenvalue weighted by molar-refractivity contribution is 0.176. The van der Waals surface area contributed by atoms with Crippen molar-refractivity contribution in [3.63, 3.8) is 0 Å². The second-order valence-electron chi connectivity index (χ2n) is 5.59. The molecule has 0 spiro atoms. The van der Waals surface area contributed by atoms with Crippen LogP contribution >= 0.6 is 0 Å². The van der Waals surface area contributed by atoms with Crippen LogP contribution in [0.15, 0.2) is 5.10 Å². The van der Waals surface area contributed by atoms with Crippen LogP contribution in [0, 0.1) is 60.4 Å². The van der Waals surface area contributed by atoms with E-state index < -0.39 is 80.9 Å². The molecule has 0 bridgehead atoms. The summed E-state index contributed by atoms with van der Waals surface area (Å²) in [6, 6.07) is 0. The lowest BCUT2D eigenvalue weighted by Crippen LogP contribution is -2.20. The Morgan fingerprint density at radius 3 is 1.52 bits per heavy atom. The van der Waals surface area contributed by atoms with E-state index in [1.165, 1.54) is 0 Å². The minimum Gasteiger partial charge on any atom is -0.446 e. The predicted molar refractivity (Wildman–Crippen MR) is 75.5 cm³/mol. The molecule has 0 saturated carbocycles. The van der Waals surface area contributed by atoms with Crippen molar-refractivity contribution in [1.29, 1.82) is 0 Å². The van der Waals surface area contributed by atoms with E-state index in [0.717, 1.165) is 13.8 Å². The Kier molecular flexibility index (Phi) is 4.48. The molecule has 1 aliphatic rings. The highest BCUT2D eigenvalue weighted by Crippen LogP contribution is 2.33. The molecule has 2 aromatic carbocycles. The summed E-state index contributed by atoms with van der Waals surface area (Å²) in [7, 11) is 0. The van der Waals surface area contributed by atoms with Gasteiger partial charge in [0.25, 0.3) is 0 Å². The van der Waals surface area contributed by atoms with Crippen LogP contribution in [-0.2, 0) is 4.74 Å². The fourth-order valence-electron chi connectivity index (χ4n) is 2.44. The van der Waals surface area contributed by atoms with E-state index in [1.54, 1.807) is 0 Å². The van der Waals surface area contributed by atoms with Crippen molar-refractivity contribution >= 4 is 5.90 Å². The molecule has 1 N–H and O–H groups in total. The van der Waals surface area contributed by atoms with Crippen LogP contribution in [0.1, 0.15) is 28.5 Å². The highest BCUT2D eigenvalue weighted by atomic mass is 19.2. The monoisotopic (exact) mass is 396 g/mol. The van der Waals surface area contributed by atoms with Gasteiger partial charge in [-0.2, -0.15) is 0 Å². The van der Waals surface area contributed by atoms with E-state index in [2.05, 4.69) is 5.10 Å². The number of hydrogen-bond acceptors (Lipinski definition) is 3. The molecular formula is C16H8F8N2O. The first-order valence-corrected chi connectivity index (χ1v) is 7.23. The van der Waals surface area contributed by atoms with Crippen molar-refractivity contribution in [2.45, 2.75) is 20.1 Å². The van der Waals surface area contributed by atoms with Gasteiger partial charge in [0.15, 0.2) is 46.5 Å². The quantitative estimate of drug-likeness (QED) is 0.603. The van der Waals surface area contributed by atoms with Gasteiger partial charge < -0.3 is 4.74 Å². The van der Waals surface area contributed by atoms with Gasteiger partial charge in [-0.05, 0) is 13.8 Å². The Labute approximate surface area is 146 Å². The van der Waals surface area contributed by atoms with Gasteiger partial charge in [0, 0.05) is 11.1 Å². The van der Waals surface area contributed by atoms with Gasteiger partial charge in [-0.1, -0.05) is 0 Å². The maximum Gasteiger partial charge on any atom is 0.246 e. The van der Waals surface area contributed by atoms with Gasteiger partial charge in [-0.15, -0.1) is 5.10 Å². The summed E-state index contributed by atoms with van der Waals surface area (Å²) in [6.45, 7) is 1.57. The number of nitrogens with zero attached hydrogens (tertiary/aromatic N) is 1. The molecule has 11 heteroatoms. The predicted octanol–water partition coefficient (Wildman–Crippen LogP) is 4.40. The van der Waals surface area contributed by atoms with Gasteiger partial charge in [0.2, 0.25) is 12.1 Å². The van der Waals surface area contributed by atoms with Crippen LogP contribution in [0.25, 0.3) is 0 Å². The molecular weight excluding hydrogens is 388 g/mol. The molecule has 1 heterocycles. The first-order valence-electron chi connectivity index (χ1n) is 7.23. The summed E-state index contributed by atoms with van der Waals surface area (Å²) in [5, 5.41) is 3.21. The Morgan fingerprint density at radius 1 is 0.667 bits per heavy atom. The van der Waals surface area contributed by atoms with E-state index in [-0.39, 0.29) is 0 Å². The third-order valence-electron chi connectivity index (χ3n) is 3.99. The maximum absolute atomic E-state index is 14.0. The van der Waals surface area contributed by atoms with Crippen LogP contribution < -0.4 is 5.43 Å². The Morgan fingerprint density at radius 2 is 1.07 bits per heavy atom. The van der Waals surface area contributed by atoms with E-state index in [4.69, 9.17) is 4.74 Å². The van der Waals surface area contributed by atoms with Gasteiger partial charge >= 0.3 is 0 Å². The van der Waals surface area contributed by atoms with Gasteiger partial charge in [0.05, 0.1) is 5.56 Å². The number of rotatable bonds is 2. The number of hydrogen-bond donors (Lipinski definition) is 1. The minimum absolute atomic E-state index is 0.779. The Bertz CT molecular complexity index is 947. The summed E-state index contributed by atoms with van der Waals surface area (Å²) < 4.78 is 115. The molecule has 3 rings (SSSR count). The fourth-order valence-corrected chi connectivity index (χ4v) is 2.44. The highest BCUT2D eigenvalue weighted by molar-refractivity contribution is 5.95. The van der Waals surface area contributed by atoms with Crippen molar-refractivity contribution in [1.82, 2.24) is 5.43 Å². The molecule has 0 amide bonds. The first kappa shape index (κ1) is 18.9. The zero-order valence-electron chi connectivity index (χ0n) is 13.5. The Balaban J connectivity index is 2.05. The van der Waals surface area contributed by atoms with Crippen molar-refractivity contribution in [2.75, 3.05) is 0 Å². The number of benzene rings is 2. The number of hydrazone groups is 1. The maximum atomic E-state index is 14.0. The van der Waals surface area contributed by atoms with Crippen LogP contribution in [-0.4, -0.2) is 5.90 Å². The normalized spacial score (nSPS) is 16.2. The molecule has 0 saturated heterocycles. The van der Waals surface area contributed by atoms with E-state index in [9.17, 15) is 35.1 Å². The standard InChI is InChI=1S/C16H8F8N2O/c1-3-7(17)11(21)5(12(22)8(3)18)15-25-26-16(27-15)6-13(23)9(19)4(2)10(20)14(6)24/h15,25H,1-2H3. The zero-order valence-corrected chi connectivity index (χ0v) is 13.5. The Hall–Kier alpha value is -2.85. The third kappa shape index (κ3) is 2.68. The second kappa shape index (κ2) is 6.39. The van der Waals surface area contributed by atoms with Crippen molar-refractivity contribution in [3.8, 4) is 0 Å². The third-order valence-corrected chi connectivity index (χ3v) is 3.99. The van der Waals surface area contributed by atoms with E-state index in [1.807, 2.05) is 5.43 Å². The molecule has 27 heavy (non-hydrogen) atoms.